The number of aliphatic carboxylic acids is 1. The first kappa shape index (κ1) is 15.8. The minimum Gasteiger partial charge on any atom is -0.481 e. The number of halogens is 3. The third-order valence-corrected chi connectivity index (χ3v) is 2.18. The molecule has 0 radical (unpaired) electrons. The second kappa shape index (κ2) is 6.78. The molecule has 0 aromatic heterocycles. The van der Waals surface area contributed by atoms with E-state index in [2.05, 4.69) is 10.1 Å². The molecule has 0 aliphatic rings. The number of carboxylic acid groups (broad SMARTS) is 1. The van der Waals surface area contributed by atoms with E-state index in [0.29, 0.717) is 0 Å². The molecular weight excluding hydrogens is 279 g/mol. The van der Waals surface area contributed by atoms with Gasteiger partial charge in [-0.05, 0) is 18.6 Å². The molecule has 5 nitrogen and oxygen atoms in total. The SMILES string of the molecule is O=C(O)CCCC(=O)Nc1ccccc1OC(F)(F)F. The lowest BCUT2D eigenvalue weighted by Gasteiger charge is -2.13. The molecule has 1 aromatic carbocycles. The molecule has 0 heterocycles. The Morgan fingerprint density at radius 1 is 1.20 bits per heavy atom. The maximum absolute atomic E-state index is 12.2. The van der Waals surface area contributed by atoms with E-state index in [1.54, 1.807) is 0 Å². The molecular formula is C12H12F3NO4. The number of carbonyl (C=O) groups excluding carboxylic acids is 1. The number of ether oxygens (including phenoxy) is 1. The van der Waals surface area contributed by atoms with E-state index in [4.69, 9.17) is 5.11 Å². The summed E-state index contributed by atoms with van der Waals surface area (Å²) in [5.41, 5.74) is -0.120. The van der Waals surface area contributed by atoms with E-state index in [-0.39, 0.29) is 24.9 Å². The van der Waals surface area contributed by atoms with Gasteiger partial charge in [-0.25, -0.2) is 0 Å². The predicted octanol–water partition coefficient (Wildman–Crippen LogP) is 2.78. The summed E-state index contributed by atoms with van der Waals surface area (Å²) < 4.78 is 40.2. The minimum absolute atomic E-state index is 0.101. The average molecular weight is 291 g/mol. The van der Waals surface area contributed by atoms with Gasteiger partial charge in [-0.2, -0.15) is 0 Å². The summed E-state index contributed by atoms with van der Waals surface area (Å²) in [5.74, 6) is -2.14. The number of carbonyl (C=O) groups is 2. The summed E-state index contributed by atoms with van der Waals surface area (Å²) in [6.45, 7) is 0. The van der Waals surface area contributed by atoms with Crippen LogP contribution < -0.4 is 10.1 Å². The lowest BCUT2D eigenvalue weighted by atomic mass is 10.2. The van der Waals surface area contributed by atoms with Gasteiger partial charge < -0.3 is 15.2 Å². The van der Waals surface area contributed by atoms with Crippen LogP contribution in [0.15, 0.2) is 24.3 Å². The molecule has 0 spiro atoms. The van der Waals surface area contributed by atoms with E-state index in [1.165, 1.54) is 18.2 Å². The maximum atomic E-state index is 12.2. The molecule has 2 N–H and O–H groups in total. The van der Waals surface area contributed by atoms with Crippen LogP contribution in [0, 0.1) is 0 Å². The van der Waals surface area contributed by atoms with Crippen LogP contribution in [0.3, 0.4) is 0 Å². The monoisotopic (exact) mass is 291 g/mol. The van der Waals surface area contributed by atoms with Crippen molar-refractivity contribution in [2.24, 2.45) is 0 Å². The van der Waals surface area contributed by atoms with Crippen LogP contribution in [0.2, 0.25) is 0 Å². The van der Waals surface area contributed by atoms with Crippen molar-refractivity contribution in [1.82, 2.24) is 0 Å². The lowest BCUT2D eigenvalue weighted by Crippen LogP contribution is -2.19. The molecule has 0 aliphatic carbocycles. The number of rotatable bonds is 6. The zero-order valence-electron chi connectivity index (χ0n) is 10.2. The lowest BCUT2D eigenvalue weighted by molar-refractivity contribution is -0.274. The summed E-state index contributed by atoms with van der Waals surface area (Å²) >= 11 is 0. The third kappa shape index (κ3) is 6.07. The maximum Gasteiger partial charge on any atom is 0.573 e. The highest BCUT2D eigenvalue weighted by Gasteiger charge is 2.32. The van der Waals surface area contributed by atoms with Crippen molar-refractivity contribution in [1.29, 1.82) is 0 Å². The predicted molar refractivity (Wildman–Crippen MR) is 63.2 cm³/mol. The fourth-order valence-corrected chi connectivity index (χ4v) is 1.40. The standard InChI is InChI=1S/C12H12F3NO4/c13-12(14,15)20-9-5-2-1-4-8(9)16-10(17)6-3-7-11(18)19/h1-2,4-5H,3,6-7H2,(H,16,17)(H,18,19). The normalized spacial score (nSPS) is 10.9. The Hall–Kier alpha value is -2.25. The number of alkyl halides is 3. The van der Waals surface area contributed by atoms with Crippen LogP contribution in [-0.4, -0.2) is 23.3 Å². The number of benzene rings is 1. The number of hydrogen-bond acceptors (Lipinski definition) is 3. The van der Waals surface area contributed by atoms with Crippen molar-refractivity contribution in [2.75, 3.05) is 5.32 Å². The van der Waals surface area contributed by atoms with E-state index in [0.717, 1.165) is 6.07 Å². The highest BCUT2D eigenvalue weighted by atomic mass is 19.4. The van der Waals surface area contributed by atoms with Gasteiger partial charge in [-0.15, -0.1) is 13.2 Å². The van der Waals surface area contributed by atoms with Gasteiger partial charge in [0.1, 0.15) is 0 Å². The number of anilines is 1. The second-order valence-corrected chi connectivity index (χ2v) is 3.84. The fraction of sp³-hybridized carbons (Fsp3) is 0.333. The van der Waals surface area contributed by atoms with E-state index in [9.17, 15) is 22.8 Å². The van der Waals surface area contributed by atoms with Crippen LogP contribution in [-0.2, 0) is 9.59 Å². The smallest absolute Gasteiger partial charge is 0.481 e. The van der Waals surface area contributed by atoms with Crippen LogP contribution in [0.5, 0.6) is 5.75 Å². The van der Waals surface area contributed by atoms with Gasteiger partial charge in [-0.3, -0.25) is 9.59 Å². The van der Waals surface area contributed by atoms with Gasteiger partial charge in [0.15, 0.2) is 5.75 Å². The van der Waals surface area contributed by atoms with Crippen molar-refractivity contribution >= 4 is 17.6 Å². The number of hydrogen-bond donors (Lipinski definition) is 2. The first-order chi connectivity index (χ1) is 9.28. The van der Waals surface area contributed by atoms with E-state index < -0.39 is 24.0 Å². The van der Waals surface area contributed by atoms with E-state index in [1.807, 2.05) is 0 Å². The van der Waals surface area contributed by atoms with Crippen LogP contribution in [0.25, 0.3) is 0 Å². The molecule has 110 valence electrons. The van der Waals surface area contributed by atoms with Crippen molar-refractivity contribution in [2.45, 2.75) is 25.6 Å². The van der Waals surface area contributed by atoms with Crippen LogP contribution in [0.4, 0.5) is 18.9 Å². The Kier molecular flexibility index (Phi) is 5.36. The zero-order valence-corrected chi connectivity index (χ0v) is 10.2. The number of carboxylic acids is 1. The van der Waals surface area contributed by atoms with Gasteiger partial charge in [0.2, 0.25) is 5.91 Å². The van der Waals surface area contributed by atoms with Gasteiger partial charge in [0.05, 0.1) is 5.69 Å². The molecule has 0 fully saturated rings. The second-order valence-electron chi connectivity index (χ2n) is 3.84. The molecule has 0 atom stereocenters. The molecule has 0 saturated heterocycles. The number of amides is 1. The zero-order chi connectivity index (χ0) is 15.2. The van der Waals surface area contributed by atoms with Crippen molar-refractivity contribution in [3.05, 3.63) is 24.3 Å². The fourth-order valence-electron chi connectivity index (χ4n) is 1.40. The molecule has 20 heavy (non-hydrogen) atoms. The van der Waals surface area contributed by atoms with Gasteiger partial charge >= 0.3 is 12.3 Å². The number of para-hydroxylation sites is 2. The molecule has 1 aromatic rings. The first-order valence-electron chi connectivity index (χ1n) is 5.64. The summed E-state index contributed by atoms with van der Waals surface area (Å²) in [7, 11) is 0. The molecule has 1 amide bonds. The topological polar surface area (TPSA) is 75.6 Å². The summed E-state index contributed by atoms with van der Waals surface area (Å²) in [6.07, 6.45) is -5.05. The third-order valence-electron chi connectivity index (χ3n) is 2.18. The van der Waals surface area contributed by atoms with Crippen molar-refractivity contribution < 1.29 is 32.6 Å². The average Bonchev–Trinajstić information content (AvgIpc) is 2.29. The Morgan fingerprint density at radius 3 is 2.45 bits per heavy atom. The van der Waals surface area contributed by atoms with Gasteiger partial charge in [0, 0.05) is 12.8 Å². The Labute approximate surface area is 112 Å². The molecule has 0 bridgehead atoms. The van der Waals surface area contributed by atoms with Crippen LogP contribution in [0.1, 0.15) is 19.3 Å². The quantitative estimate of drug-likeness (QED) is 0.845. The molecule has 1 rings (SSSR count). The Bertz CT molecular complexity index is 488. The number of nitrogens with one attached hydrogen (secondary N) is 1. The molecule has 0 aliphatic heterocycles. The minimum atomic E-state index is -4.86. The summed E-state index contributed by atoms with van der Waals surface area (Å²) in [4.78, 5) is 21.7. The van der Waals surface area contributed by atoms with E-state index >= 15 is 0 Å². The van der Waals surface area contributed by atoms with Crippen molar-refractivity contribution in [3.8, 4) is 5.75 Å². The highest BCUT2D eigenvalue weighted by molar-refractivity contribution is 5.92. The highest BCUT2D eigenvalue weighted by Crippen LogP contribution is 2.29. The van der Waals surface area contributed by atoms with Gasteiger partial charge in [0.25, 0.3) is 0 Å². The Morgan fingerprint density at radius 2 is 1.85 bits per heavy atom. The molecule has 0 unspecified atom stereocenters. The summed E-state index contributed by atoms with van der Waals surface area (Å²) in [5, 5.41) is 10.7. The molecule has 0 saturated carbocycles. The largest absolute Gasteiger partial charge is 0.573 e. The molecule has 8 heteroatoms. The van der Waals surface area contributed by atoms with Crippen LogP contribution >= 0.6 is 0 Å². The Balaban J connectivity index is 2.63. The van der Waals surface area contributed by atoms with Gasteiger partial charge in [-0.1, -0.05) is 12.1 Å². The first-order valence-corrected chi connectivity index (χ1v) is 5.64. The summed E-state index contributed by atoms with van der Waals surface area (Å²) in [6, 6.07) is 5.10. The van der Waals surface area contributed by atoms with Crippen molar-refractivity contribution in [3.63, 3.8) is 0 Å².